The number of aromatic nitrogens is 2. The van der Waals surface area contributed by atoms with Crippen molar-refractivity contribution >= 4 is 0 Å². The number of nitrogens with one attached hydrogen (secondary N) is 1. The molecule has 1 atom stereocenters. The van der Waals surface area contributed by atoms with Crippen molar-refractivity contribution in [1.82, 2.24) is 15.3 Å². The molecule has 1 N–H and O–H groups in total. The summed E-state index contributed by atoms with van der Waals surface area (Å²) in [6, 6.07) is 1.83. The van der Waals surface area contributed by atoms with Crippen molar-refractivity contribution in [2.24, 2.45) is 5.92 Å². The number of nitrogens with zero attached hydrogens (tertiary/aromatic N) is 2. The van der Waals surface area contributed by atoms with Gasteiger partial charge in [-0.25, -0.2) is 4.98 Å². The molecule has 94 valence electrons. The molecule has 1 saturated heterocycles. The highest BCUT2D eigenvalue weighted by Gasteiger charge is 2.19. The van der Waals surface area contributed by atoms with Crippen LogP contribution in [0.4, 0.5) is 0 Å². The van der Waals surface area contributed by atoms with Crippen molar-refractivity contribution in [2.45, 2.75) is 32.6 Å². The molecule has 4 heteroatoms. The molecule has 1 aromatic heterocycles. The minimum absolute atomic E-state index is 0.0334. The van der Waals surface area contributed by atoms with Gasteiger partial charge in [0.05, 0.1) is 6.61 Å². The number of ether oxygens (including phenoxy) is 1. The van der Waals surface area contributed by atoms with Gasteiger partial charge in [0, 0.05) is 30.1 Å². The topological polar surface area (TPSA) is 47.0 Å². The van der Waals surface area contributed by atoms with E-state index in [1.165, 1.54) is 6.42 Å². The Kier molecular flexibility index (Phi) is 3.62. The smallest absolute Gasteiger partial charge is 0.216 e. The molecule has 1 aromatic rings. The Morgan fingerprint density at radius 2 is 2.29 bits per heavy atom. The van der Waals surface area contributed by atoms with Gasteiger partial charge in [-0.3, -0.25) is 0 Å². The third-order valence-electron chi connectivity index (χ3n) is 2.93. The first-order chi connectivity index (χ1) is 8.05. The van der Waals surface area contributed by atoms with E-state index in [0.29, 0.717) is 11.8 Å². The molecule has 17 heavy (non-hydrogen) atoms. The van der Waals surface area contributed by atoms with Crippen LogP contribution in [0.5, 0.6) is 5.88 Å². The van der Waals surface area contributed by atoms with Crippen LogP contribution in [0.15, 0.2) is 12.3 Å². The Hall–Kier alpha value is -1.16. The summed E-state index contributed by atoms with van der Waals surface area (Å²) < 4.78 is 5.73. The Balaban J connectivity index is 1.96. The zero-order chi connectivity index (χ0) is 12.3. The van der Waals surface area contributed by atoms with E-state index < -0.39 is 0 Å². The fourth-order valence-electron chi connectivity index (χ4n) is 1.84. The largest absolute Gasteiger partial charge is 0.477 e. The van der Waals surface area contributed by atoms with Gasteiger partial charge in [0.2, 0.25) is 5.88 Å². The lowest BCUT2D eigenvalue weighted by atomic mass is 9.96. The lowest BCUT2D eigenvalue weighted by Crippen LogP contribution is -2.18. The second kappa shape index (κ2) is 5.00. The van der Waals surface area contributed by atoms with Gasteiger partial charge in [-0.2, -0.15) is 4.98 Å². The van der Waals surface area contributed by atoms with Crippen LogP contribution in [0.25, 0.3) is 0 Å². The number of hydrogen-bond acceptors (Lipinski definition) is 4. The third kappa shape index (κ3) is 3.40. The number of hydrogen-bond donors (Lipinski definition) is 1. The molecular weight excluding hydrogens is 214 g/mol. The zero-order valence-corrected chi connectivity index (χ0v) is 10.9. The van der Waals surface area contributed by atoms with E-state index in [9.17, 15) is 0 Å². The van der Waals surface area contributed by atoms with Crippen molar-refractivity contribution in [3.63, 3.8) is 0 Å². The summed E-state index contributed by atoms with van der Waals surface area (Å²) >= 11 is 0. The Bertz CT molecular complexity index is 367. The fourth-order valence-corrected chi connectivity index (χ4v) is 1.84. The van der Waals surface area contributed by atoms with E-state index in [1.54, 1.807) is 6.20 Å². The van der Waals surface area contributed by atoms with Crippen LogP contribution in [0.1, 0.15) is 33.0 Å². The Morgan fingerprint density at radius 3 is 2.94 bits per heavy atom. The predicted molar refractivity (Wildman–Crippen MR) is 67.2 cm³/mol. The van der Waals surface area contributed by atoms with Crippen LogP contribution in [0.3, 0.4) is 0 Å². The third-order valence-corrected chi connectivity index (χ3v) is 2.93. The molecule has 0 spiro atoms. The zero-order valence-electron chi connectivity index (χ0n) is 10.9. The standard InChI is InChI=1S/C13H21N3O/c1-13(2,3)12-15-7-5-11(16-12)17-9-10-4-6-14-8-10/h5,7,10,14H,4,6,8-9H2,1-3H3. The highest BCUT2D eigenvalue weighted by Crippen LogP contribution is 2.20. The molecule has 0 aliphatic carbocycles. The Labute approximate surface area is 103 Å². The predicted octanol–water partition coefficient (Wildman–Crippen LogP) is 1.76. The van der Waals surface area contributed by atoms with Gasteiger partial charge in [0.25, 0.3) is 0 Å². The summed E-state index contributed by atoms with van der Waals surface area (Å²) in [6.45, 7) is 9.21. The van der Waals surface area contributed by atoms with E-state index in [0.717, 1.165) is 25.5 Å². The monoisotopic (exact) mass is 235 g/mol. The fraction of sp³-hybridized carbons (Fsp3) is 0.692. The molecule has 0 bridgehead atoms. The minimum atomic E-state index is -0.0334. The molecule has 2 rings (SSSR count). The van der Waals surface area contributed by atoms with E-state index in [4.69, 9.17) is 4.74 Å². The van der Waals surface area contributed by atoms with Gasteiger partial charge >= 0.3 is 0 Å². The van der Waals surface area contributed by atoms with Gasteiger partial charge in [-0.15, -0.1) is 0 Å². The first-order valence-corrected chi connectivity index (χ1v) is 6.23. The van der Waals surface area contributed by atoms with E-state index in [2.05, 4.69) is 36.1 Å². The summed E-state index contributed by atoms with van der Waals surface area (Å²) in [6.07, 6.45) is 2.97. The van der Waals surface area contributed by atoms with Gasteiger partial charge < -0.3 is 10.1 Å². The molecule has 0 amide bonds. The summed E-state index contributed by atoms with van der Waals surface area (Å²) in [4.78, 5) is 8.74. The normalized spacial score (nSPS) is 20.5. The lowest BCUT2D eigenvalue weighted by Gasteiger charge is -2.17. The summed E-state index contributed by atoms with van der Waals surface area (Å²) in [5.41, 5.74) is -0.0334. The van der Waals surface area contributed by atoms with Crippen molar-refractivity contribution < 1.29 is 4.74 Å². The molecule has 0 radical (unpaired) electrons. The van der Waals surface area contributed by atoms with Crippen LogP contribution in [0, 0.1) is 5.92 Å². The van der Waals surface area contributed by atoms with Crippen molar-refractivity contribution in [2.75, 3.05) is 19.7 Å². The second-order valence-electron chi connectivity index (χ2n) is 5.64. The molecule has 1 aliphatic rings. The quantitative estimate of drug-likeness (QED) is 0.867. The molecule has 1 fully saturated rings. The molecule has 1 aliphatic heterocycles. The first-order valence-electron chi connectivity index (χ1n) is 6.23. The van der Waals surface area contributed by atoms with Crippen molar-refractivity contribution in [3.8, 4) is 5.88 Å². The molecule has 0 aromatic carbocycles. The number of rotatable bonds is 3. The highest BCUT2D eigenvalue weighted by molar-refractivity contribution is 5.12. The van der Waals surface area contributed by atoms with Crippen LogP contribution in [0.2, 0.25) is 0 Å². The van der Waals surface area contributed by atoms with Gasteiger partial charge in [-0.1, -0.05) is 20.8 Å². The maximum absolute atomic E-state index is 5.73. The SMILES string of the molecule is CC(C)(C)c1nccc(OCC2CCNC2)n1. The van der Waals surface area contributed by atoms with Gasteiger partial charge in [-0.05, 0) is 13.0 Å². The van der Waals surface area contributed by atoms with Gasteiger partial charge in [0.15, 0.2) is 0 Å². The van der Waals surface area contributed by atoms with Crippen molar-refractivity contribution in [3.05, 3.63) is 18.1 Å². The van der Waals surface area contributed by atoms with Crippen molar-refractivity contribution in [1.29, 1.82) is 0 Å². The van der Waals surface area contributed by atoms with Crippen LogP contribution in [-0.2, 0) is 5.41 Å². The molecule has 0 saturated carbocycles. The summed E-state index contributed by atoms with van der Waals surface area (Å²) in [7, 11) is 0. The molecule has 2 heterocycles. The molecular formula is C13H21N3O. The maximum atomic E-state index is 5.73. The van der Waals surface area contributed by atoms with E-state index in [1.807, 2.05) is 6.07 Å². The van der Waals surface area contributed by atoms with E-state index in [-0.39, 0.29) is 5.41 Å². The average molecular weight is 235 g/mol. The maximum Gasteiger partial charge on any atom is 0.216 e. The first kappa shape index (κ1) is 12.3. The molecule has 4 nitrogen and oxygen atoms in total. The summed E-state index contributed by atoms with van der Waals surface area (Å²) in [5.74, 6) is 2.14. The lowest BCUT2D eigenvalue weighted by molar-refractivity contribution is 0.248. The van der Waals surface area contributed by atoms with Crippen LogP contribution < -0.4 is 10.1 Å². The van der Waals surface area contributed by atoms with Crippen LogP contribution in [-0.4, -0.2) is 29.7 Å². The van der Waals surface area contributed by atoms with Crippen LogP contribution >= 0.6 is 0 Å². The molecule has 1 unspecified atom stereocenters. The summed E-state index contributed by atoms with van der Waals surface area (Å²) in [5, 5.41) is 3.33. The van der Waals surface area contributed by atoms with E-state index >= 15 is 0 Å². The Morgan fingerprint density at radius 1 is 1.47 bits per heavy atom. The minimum Gasteiger partial charge on any atom is -0.477 e. The van der Waals surface area contributed by atoms with Gasteiger partial charge in [0.1, 0.15) is 5.82 Å². The highest BCUT2D eigenvalue weighted by atomic mass is 16.5. The second-order valence-corrected chi connectivity index (χ2v) is 5.64. The average Bonchev–Trinajstić information content (AvgIpc) is 2.78.